The molecule has 0 amide bonds. The Morgan fingerprint density at radius 3 is 0.695 bits per heavy atom. The van der Waals surface area contributed by atoms with Gasteiger partial charge < -0.3 is 14.2 Å². The summed E-state index contributed by atoms with van der Waals surface area (Å²) >= 11 is 0. The first-order valence-electron chi connectivity index (χ1n) is 37.0. The third kappa shape index (κ3) is 68.4. The molecule has 0 aliphatic carbocycles. The van der Waals surface area contributed by atoms with E-state index in [1.165, 1.54) is 302 Å². The third-order valence-electron chi connectivity index (χ3n) is 16.9. The van der Waals surface area contributed by atoms with Gasteiger partial charge in [-0.3, -0.25) is 14.4 Å². The van der Waals surface area contributed by atoms with Crippen LogP contribution in [0.3, 0.4) is 0 Å². The predicted molar refractivity (Wildman–Crippen MR) is 358 cm³/mol. The first kappa shape index (κ1) is 79.6. The number of ether oxygens (including phenoxy) is 3. The fraction of sp³-hybridized carbons (Fsp3) is 0.882. The van der Waals surface area contributed by atoms with E-state index in [-0.39, 0.29) is 31.1 Å². The molecule has 0 aliphatic rings. The van der Waals surface area contributed by atoms with Gasteiger partial charge in [0.15, 0.2) is 6.10 Å². The monoisotopic (exact) mass is 1150 g/mol. The first-order chi connectivity index (χ1) is 40.5. The number of carbonyl (C=O) groups excluding carboxylic acids is 3. The van der Waals surface area contributed by atoms with Crippen LogP contribution in [0.1, 0.15) is 412 Å². The molecule has 6 nitrogen and oxygen atoms in total. The standard InChI is InChI=1S/C76H142O6/c1-4-7-10-13-16-19-22-25-28-31-34-35-36-37-38-39-40-41-43-45-48-51-54-57-60-63-66-69-75(78)81-72-73(71-80-74(77)68-65-62-59-56-53-50-47-44-33-30-27-24-21-18-15-12-9-6-3)82-76(79)70-67-64-61-58-55-52-49-46-42-32-29-26-23-20-17-14-11-8-5-2/h21,24,30-31,33-34,73H,4-20,22-23,25-29,32,35-72H2,1-3H3/b24-21-,33-30-,34-31-. The first-order valence-corrected chi connectivity index (χ1v) is 37.0. The Hall–Kier alpha value is -2.37. The zero-order valence-electron chi connectivity index (χ0n) is 55.5. The lowest BCUT2D eigenvalue weighted by Crippen LogP contribution is -2.30. The molecule has 1 atom stereocenters. The Balaban J connectivity index is 4.26. The van der Waals surface area contributed by atoms with Gasteiger partial charge in [-0.25, -0.2) is 0 Å². The molecule has 0 heterocycles. The maximum Gasteiger partial charge on any atom is 0.306 e. The van der Waals surface area contributed by atoms with Crippen LogP contribution in [0.4, 0.5) is 0 Å². The molecule has 0 radical (unpaired) electrons. The van der Waals surface area contributed by atoms with E-state index in [0.29, 0.717) is 19.3 Å². The van der Waals surface area contributed by atoms with Gasteiger partial charge in [0.05, 0.1) is 0 Å². The van der Waals surface area contributed by atoms with Crippen molar-refractivity contribution in [3.8, 4) is 0 Å². The Kier molecular flexibility index (Phi) is 69.1. The highest BCUT2D eigenvalue weighted by Crippen LogP contribution is 2.19. The highest BCUT2D eigenvalue weighted by molar-refractivity contribution is 5.71. The maximum absolute atomic E-state index is 13.0. The van der Waals surface area contributed by atoms with E-state index in [2.05, 4.69) is 57.2 Å². The highest BCUT2D eigenvalue weighted by Gasteiger charge is 2.19. The molecular weight excluding hydrogens is 1010 g/mol. The third-order valence-corrected chi connectivity index (χ3v) is 16.9. The molecule has 6 heteroatoms. The lowest BCUT2D eigenvalue weighted by Gasteiger charge is -2.18. The van der Waals surface area contributed by atoms with Crippen molar-refractivity contribution in [3.63, 3.8) is 0 Å². The van der Waals surface area contributed by atoms with Gasteiger partial charge in [0.2, 0.25) is 0 Å². The number of hydrogen-bond donors (Lipinski definition) is 0. The Morgan fingerprint density at radius 1 is 0.244 bits per heavy atom. The number of rotatable bonds is 69. The Bertz CT molecular complexity index is 1370. The second kappa shape index (κ2) is 71.1. The molecular formula is C76H142O6. The smallest absolute Gasteiger partial charge is 0.306 e. The molecule has 0 aromatic heterocycles. The van der Waals surface area contributed by atoms with Gasteiger partial charge >= 0.3 is 17.9 Å². The van der Waals surface area contributed by atoms with Gasteiger partial charge in [-0.2, -0.15) is 0 Å². The van der Waals surface area contributed by atoms with Crippen molar-refractivity contribution in [3.05, 3.63) is 36.5 Å². The molecule has 482 valence electrons. The van der Waals surface area contributed by atoms with E-state index >= 15 is 0 Å². The van der Waals surface area contributed by atoms with Crippen LogP contribution in [0.25, 0.3) is 0 Å². The summed E-state index contributed by atoms with van der Waals surface area (Å²) in [7, 11) is 0. The normalized spacial score (nSPS) is 12.2. The molecule has 0 spiro atoms. The van der Waals surface area contributed by atoms with Crippen LogP contribution in [-0.2, 0) is 28.6 Å². The molecule has 0 aromatic carbocycles. The van der Waals surface area contributed by atoms with Crippen LogP contribution in [0.5, 0.6) is 0 Å². The van der Waals surface area contributed by atoms with E-state index in [4.69, 9.17) is 14.2 Å². The maximum atomic E-state index is 13.0. The summed E-state index contributed by atoms with van der Waals surface area (Å²) in [6.45, 7) is 6.70. The van der Waals surface area contributed by atoms with Crippen LogP contribution < -0.4 is 0 Å². The second-order valence-electron chi connectivity index (χ2n) is 25.2. The molecule has 0 rings (SSSR count). The van der Waals surface area contributed by atoms with Gasteiger partial charge in [0.25, 0.3) is 0 Å². The van der Waals surface area contributed by atoms with Gasteiger partial charge in [0, 0.05) is 19.3 Å². The van der Waals surface area contributed by atoms with E-state index in [1.54, 1.807) is 0 Å². The quantitative estimate of drug-likeness (QED) is 0.0261. The van der Waals surface area contributed by atoms with Crippen LogP contribution >= 0.6 is 0 Å². The molecule has 0 bridgehead atoms. The SMILES string of the molecule is CCCCCC/C=C\C/C=C\CCCCCCCCCC(=O)OCC(COC(=O)CCCCCCCCCCCCCCCCC/C=C\CCCCCCCCCC)OC(=O)CCCCCCCCCCCCCCCCCCCCC. The lowest BCUT2D eigenvalue weighted by atomic mass is 10.0. The van der Waals surface area contributed by atoms with Crippen molar-refractivity contribution < 1.29 is 28.6 Å². The average Bonchev–Trinajstić information content (AvgIpc) is 3.47. The van der Waals surface area contributed by atoms with Gasteiger partial charge in [-0.15, -0.1) is 0 Å². The van der Waals surface area contributed by atoms with Crippen LogP contribution in [-0.4, -0.2) is 37.2 Å². The average molecular weight is 1150 g/mol. The number of unbranched alkanes of at least 4 members (excludes halogenated alkanes) is 52. The Morgan fingerprint density at radius 2 is 0.439 bits per heavy atom. The van der Waals surface area contributed by atoms with Gasteiger partial charge in [-0.1, -0.05) is 353 Å². The van der Waals surface area contributed by atoms with Crippen LogP contribution in [0.15, 0.2) is 36.5 Å². The van der Waals surface area contributed by atoms with E-state index < -0.39 is 6.10 Å². The largest absolute Gasteiger partial charge is 0.462 e. The summed E-state index contributed by atoms with van der Waals surface area (Å²) in [6.07, 6.45) is 88.9. The molecule has 0 saturated heterocycles. The van der Waals surface area contributed by atoms with Crippen molar-refractivity contribution in [1.82, 2.24) is 0 Å². The lowest BCUT2D eigenvalue weighted by molar-refractivity contribution is -0.167. The number of hydrogen-bond acceptors (Lipinski definition) is 6. The topological polar surface area (TPSA) is 78.9 Å². The molecule has 0 fully saturated rings. The zero-order valence-corrected chi connectivity index (χ0v) is 55.5. The van der Waals surface area contributed by atoms with Crippen molar-refractivity contribution in [2.24, 2.45) is 0 Å². The minimum Gasteiger partial charge on any atom is -0.462 e. The predicted octanol–water partition coefficient (Wildman–Crippen LogP) is 25.5. The van der Waals surface area contributed by atoms with Gasteiger partial charge in [0.1, 0.15) is 13.2 Å². The number of esters is 3. The van der Waals surface area contributed by atoms with Crippen LogP contribution in [0, 0.1) is 0 Å². The molecule has 0 aromatic rings. The zero-order chi connectivity index (χ0) is 59.2. The number of carbonyl (C=O) groups is 3. The fourth-order valence-corrected chi connectivity index (χ4v) is 11.3. The van der Waals surface area contributed by atoms with Gasteiger partial charge in [-0.05, 0) is 77.0 Å². The summed E-state index contributed by atoms with van der Waals surface area (Å²) in [5, 5.41) is 0. The Labute approximate surface area is 512 Å². The molecule has 82 heavy (non-hydrogen) atoms. The van der Waals surface area contributed by atoms with Crippen molar-refractivity contribution in [1.29, 1.82) is 0 Å². The van der Waals surface area contributed by atoms with Crippen LogP contribution in [0.2, 0.25) is 0 Å². The van der Waals surface area contributed by atoms with E-state index in [1.807, 2.05) is 0 Å². The minimum atomic E-state index is -0.774. The molecule has 0 aliphatic heterocycles. The molecule has 0 saturated carbocycles. The highest BCUT2D eigenvalue weighted by atomic mass is 16.6. The summed E-state index contributed by atoms with van der Waals surface area (Å²) in [5.74, 6) is -0.844. The molecule has 0 N–H and O–H groups in total. The van der Waals surface area contributed by atoms with E-state index in [0.717, 1.165) is 70.6 Å². The second-order valence-corrected chi connectivity index (χ2v) is 25.2. The summed E-state index contributed by atoms with van der Waals surface area (Å²) in [6, 6.07) is 0. The molecule has 1 unspecified atom stereocenters. The number of allylic oxidation sites excluding steroid dienone is 6. The minimum absolute atomic E-state index is 0.0690. The van der Waals surface area contributed by atoms with Crippen molar-refractivity contribution in [2.75, 3.05) is 13.2 Å². The summed E-state index contributed by atoms with van der Waals surface area (Å²) < 4.78 is 17.0. The van der Waals surface area contributed by atoms with Crippen molar-refractivity contribution in [2.45, 2.75) is 419 Å². The van der Waals surface area contributed by atoms with Crippen molar-refractivity contribution >= 4 is 17.9 Å². The summed E-state index contributed by atoms with van der Waals surface area (Å²) in [5.41, 5.74) is 0. The summed E-state index contributed by atoms with van der Waals surface area (Å²) in [4.78, 5) is 38.5. The van der Waals surface area contributed by atoms with E-state index in [9.17, 15) is 14.4 Å². The fourth-order valence-electron chi connectivity index (χ4n) is 11.3.